The van der Waals surface area contributed by atoms with Crippen LogP contribution in [-0.2, 0) is 35.2 Å². The van der Waals surface area contributed by atoms with E-state index in [0.717, 1.165) is 0 Å². The lowest BCUT2D eigenvalue weighted by atomic mass is 10.1. The molecule has 1 heterocycles. The third-order valence-corrected chi connectivity index (χ3v) is 4.39. The summed E-state index contributed by atoms with van der Waals surface area (Å²) in [6.45, 7) is 1.27. The molecule has 0 radical (unpaired) electrons. The minimum Gasteiger partial charge on any atom is -0.481 e. The number of aromatic amines is 1. The molecule has 1 aromatic rings. The summed E-state index contributed by atoms with van der Waals surface area (Å²) in [6, 6.07) is -5.30. The van der Waals surface area contributed by atoms with Crippen LogP contribution in [0.5, 0.6) is 0 Å². The van der Waals surface area contributed by atoms with Crippen LogP contribution in [0.25, 0.3) is 0 Å². The Kier molecular flexibility index (Phi) is 10.4. The van der Waals surface area contributed by atoms with Crippen molar-refractivity contribution in [2.45, 2.75) is 56.8 Å². The lowest BCUT2D eigenvalue weighted by molar-refractivity contribution is -0.142. The molecule has 0 aliphatic carbocycles. The van der Waals surface area contributed by atoms with Crippen molar-refractivity contribution < 1.29 is 39.0 Å². The molecule has 15 heteroatoms. The Morgan fingerprint density at radius 2 is 1.67 bits per heavy atom. The van der Waals surface area contributed by atoms with Crippen molar-refractivity contribution in [2.75, 3.05) is 0 Å². The summed E-state index contributed by atoms with van der Waals surface area (Å²) >= 11 is 0. The van der Waals surface area contributed by atoms with Gasteiger partial charge in [0.1, 0.15) is 18.1 Å². The molecule has 0 saturated heterocycles. The van der Waals surface area contributed by atoms with E-state index < -0.39 is 66.2 Å². The molecule has 4 atom stereocenters. The van der Waals surface area contributed by atoms with Crippen LogP contribution in [-0.4, -0.2) is 79.9 Å². The second kappa shape index (κ2) is 12.7. The highest BCUT2D eigenvalue weighted by molar-refractivity contribution is 5.96. The normalized spacial score (nSPS) is 14.2. The standard InChI is InChI=1S/C18H27N7O8/c1-8(23-16(30)10(19)2-3-14(27)28)15(29)24-11(5-13(20)26)17(31)25-12(18(32)33)4-9-6-21-7-22-9/h6-8,10-12H,2-5,19H2,1H3,(H2,20,26)(H,21,22)(H,23,30)(H,24,29)(H,25,31)(H,27,28)(H,32,33). The number of carboxylic acid groups (broad SMARTS) is 2. The van der Waals surface area contributed by atoms with Crippen molar-refractivity contribution in [1.82, 2.24) is 25.9 Å². The van der Waals surface area contributed by atoms with Gasteiger partial charge in [-0.05, 0) is 13.3 Å². The smallest absolute Gasteiger partial charge is 0.326 e. The number of nitrogens with one attached hydrogen (secondary N) is 4. The number of rotatable bonds is 14. The van der Waals surface area contributed by atoms with Gasteiger partial charge >= 0.3 is 11.9 Å². The van der Waals surface area contributed by atoms with Crippen LogP contribution in [0.15, 0.2) is 12.5 Å². The van der Waals surface area contributed by atoms with E-state index in [2.05, 4.69) is 25.9 Å². The van der Waals surface area contributed by atoms with Gasteiger partial charge in [0.05, 0.1) is 18.8 Å². The predicted octanol–water partition coefficient (Wildman–Crippen LogP) is -3.42. The first-order chi connectivity index (χ1) is 15.4. The van der Waals surface area contributed by atoms with Gasteiger partial charge in [0, 0.05) is 24.7 Å². The molecule has 182 valence electrons. The van der Waals surface area contributed by atoms with Gasteiger partial charge in [0.2, 0.25) is 23.6 Å². The van der Waals surface area contributed by atoms with Crippen molar-refractivity contribution in [2.24, 2.45) is 11.5 Å². The van der Waals surface area contributed by atoms with E-state index in [0.29, 0.717) is 5.69 Å². The van der Waals surface area contributed by atoms with Crippen molar-refractivity contribution in [3.05, 3.63) is 18.2 Å². The first kappa shape index (κ1) is 27.0. The number of carbonyl (C=O) groups is 6. The maximum absolute atomic E-state index is 12.6. The largest absolute Gasteiger partial charge is 0.481 e. The number of imidazole rings is 1. The molecule has 0 bridgehead atoms. The first-order valence-corrected chi connectivity index (χ1v) is 9.77. The van der Waals surface area contributed by atoms with Gasteiger partial charge in [0.25, 0.3) is 0 Å². The van der Waals surface area contributed by atoms with Crippen LogP contribution in [0.4, 0.5) is 0 Å². The molecule has 1 rings (SSSR count). The van der Waals surface area contributed by atoms with E-state index in [1.165, 1.54) is 19.4 Å². The molecule has 0 aliphatic heterocycles. The van der Waals surface area contributed by atoms with Crippen LogP contribution in [0.1, 0.15) is 31.9 Å². The average Bonchev–Trinajstić information content (AvgIpc) is 3.23. The number of primary amides is 1. The number of carboxylic acids is 2. The van der Waals surface area contributed by atoms with Crippen LogP contribution in [0, 0.1) is 0 Å². The highest BCUT2D eigenvalue weighted by atomic mass is 16.4. The van der Waals surface area contributed by atoms with Gasteiger partial charge in [-0.15, -0.1) is 0 Å². The Hall–Kier alpha value is -4.01. The van der Waals surface area contributed by atoms with Gasteiger partial charge < -0.3 is 42.6 Å². The second-order valence-electron chi connectivity index (χ2n) is 7.18. The number of aromatic nitrogens is 2. The Morgan fingerprint density at radius 3 is 2.18 bits per heavy atom. The van der Waals surface area contributed by atoms with Gasteiger partial charge in [0.15, 0.2) is 0 Å². The molecule has 4 amide bonds. The van der Waals surface area contributed by atoms with Crippen LogP contribution in [0.3, 0.4) is 0 Å². The molecule has 1 aromatic heterocycles. The summed E-state index contributed by atoms with van der Waals surface area (Å²) in [6.07, 6.45) is 1.42. The fourth-order valence-electron chi connectivity index (χ4n) is 2.59. The van der Waals surface area contributed by atoms with E-state index in [1.54, 1.807) is 0 Å². The molecular weight excluding hydrogens is 442 g/mol. The maximum atomic E-state index is 12.6. The summed E-state index contributed by atoms with van der Waals surface area (Å²) < 4.78 is 0. The summed E-state index contributed by atoms with van der Waals surface area (Å²) in [5.41, 5.74) is 11.1. The van der Waals surface area contributed by atoms with Gasteiger partial charge in [-0.2, -0.15) is 0 Å². The topological polar surface area (TPSA) is 260 Å². The van der Waals surface area contributed by atoms with Crippen molar-refractivity contribution >= 4 is 35.6 Å². The lowest BCUT2D eigenvalue weighted by Gasteiger charge is -2.23. The molecule has 0 spiro atoms. The molecule has 10 N–H and O–H groups in total. The number of carbonyl (C=O) groups excluding carboxylic acids is 4. The quantitative estimate of drug-likeness (QED) is 0.134. The minimum absolute atomic E-state index is 0.140. The Balaban J connectivity index is 2.77. The summed E-state index contributed by atoms with van der Waals surface area (Å²) in [5.74, 6) is -6.10. The van der Waals surface area contributed by atoms with Crippen molar-refractivity contribution in [3.63, 3.8) is 0 Å². The summed E-state index contributed by atoms with van der Waals surface area (Å²) in [4.78, 5) is 76.9. The minimum atomic E-state index is -1.52. The molecule has 15 nitrogen and oxygen atoms in total. The molecule has 0 aromatic carbocycles. The Labute approximate surface area is 187 Å². The van der Waals surface area contributed by atoms with Crippen LogP contribution >= 0.6 is 0 Å². The number of nitrogens with two attached hydrogens (primary N) is 2. The van der Waals surface area contributed by atoms with Gasteiger partial charge in [-0.25, -0.2) is 9.78 Å². The second-order valence-corrected chi connectivity index (χ2v) is 7.18. The number of hydrogen-bond acceptors (Lipinski definition) is 8. The fraction of sp³-hybridized carbons (Fsp3) is 0.500. The van der Waals surface area contributed by atoms with Gasteiger partial charge in [-0.1, -0.05) is 0 Å². The molecule has 0 aliphatic rings. The molecule has 0 fully saturated rings. The highest BCUT2D eigenvalue weighted by Gasteiger charge is 2.30. The molecule has 33 heavy (non-hydrogen) atoms. The number of H-pyrrole nitrogens is 1. The first-order valence-electron chi connectivity index (χ1n) is 9.77. The zero-order chi connectivity index (χ0) is 25.1. The zero-order valence-electron chi connectivity index (χ0n) is 17.7. The third kappa shape index (κ3) is 9.77. The Morgan fingerprint density at radius 1 is 1.03 bits per heavy atom. The van der Waals surface area contributed by atoms with Crippen LogP contribution in [0.2, 0.25) is 0 Å². The number of nitrogens with zero attached hydrogens (tertiary/aromatic N) is 1. The maximum Gasteiger partial charge on any atom is 0.326 e. The molecular formula is C18H27N7O8. The summed E-state index contributed by atoms with van der Waals surface area (Å²) in [7, 11) is 0. The highest BCUT2D eigenvalue weighted by Crippen LogP contribution is 2.02. The van der Waals surface area contributed by atoms with E-state index >= 15 is 0 Å². The lowest BCUT2D eigenvalue weighted by Crippen LogP contribution is -2.57. The number of hydrogen-bond donors (Lipinski definition) is 8. The molecule has 0 saturated carbocycles. The van der Waals surface area contributed by atoms with Crippen molar-refractivity contribution in [1.29, 1.82) is 0 Å². The average molecular weight is 469 g/mol. The number of aliphatic carboxylic acids is 2. The van der Waals surface area contributed by atoms with E-state index in [9.17, 15) is 33.9 Å². The van der Waals surface area contributed by atoms with Gasteiger partial charge in [-0.3, -0.25) is 24.0 Å². The van der Waals surface area contributed by atoms with Crippen molar-refractivity contribution in [3.8, 4) is 0 Å². The van der Waals surface area contributed by atoms with E-state index in [-0.39, 0.29) is 19.3 Å². The Bertz CT molecular complexity index is 873. The monoisotopic (exact) mass is 469 g/mol. The SMILES string of the molecule is CC(NC(=O)C(N)CCC(=O)O)C(=O)NC(CC(N)=O)C(=O)NC(Cc1cnc[nH]1)C(=O)O. The molecule has 4 unspecified atom stereocenters. The zero-order valence-corrected chi connectivity index (χ0v) is 17.7. The predicted molar refractivity (Wildman–Crippen MR) is 110 cm³/mol. The number of amides is 4. The summed E-state index contributed by atoms with van der Waals surface area (Å²) in [5, 5.41) is 24.7. The third-order valence-electron chi connectivity index (χ3n) is 4.39. The van der Waals surface area contributed by atoms with E-state index in [4.69, 9.17) is 16.6 Å². The fourth-order valence-corrected chi connectivity index (χ4v) is 2.59. The van der Waals surface area contributed by atoms with E-state index in [1.807, 2.05) is 0 Å². The van der Waals surface area contributed by atoms with Crippen LogP contribution < -0.4 is 27.4 Å².